The Balaban J connectivity index is 1.95. The molecule has 1 aliphatic heterocycles. The van der Waals surface area contributed by atoms with Crippen molar-refractivity contribution in [3.63, 3.8) is 0 Å². The third-order valence-corrected chi connectivity index (χ3v) is 4.63. The highest BCUT2D eigenvalue weighted by Gasteiger charge is 2.29. The summed E-state index contributed by atoms with van der Waals surface area (Å²) in [6.45, 7) is 1.12. The van der Waals surface area contributed by atoms with Gasteiger partial charge in [0.1, 0.15) is 11.2 Å². The molecule has 0 radical (unpaired) electrons. The number of hydrogen-bond acceptors (Lipinski definition) is 5. The van der Waals surface area contributed by atoms with E-state index in [-0.39, 0.29) is 28.9 Å². The summed E-state index contributed by atoms with van der Waals surface area (Å²) in [4.78, 5) is 29.8. The number of pyridine rings is 2. The molecule has 0 spiro atoms. The van der Waals surface area contributed by atoms with Crippen LogP contribution in [0.15, 0.2) is 17.1 Å². The highest BCUT2D eigenvalue weighted by Crippen LogP contribution is 2.37. The quantitative estimate of drug-likeness (QED) is 0.873. The van der Waals surface area contributed by atoms with Gasteiger partial charge < -0.3 is 20.3 Å². The summed E-state index contributed by atoms with van der Waals surface area (Å²) >= 11 is 0. The lowest BCUT2D eigenvalue weighted by atomic mass is 10.2. The Kier molecular flexibility index (Phi) is 3.31. The van der Waals surface area contributed by atoms with Crippen molar-refractivity contribution < 1.29 is 14.3 Å². The standard InChI is InChI=1S/C16H17FN4O3/c17-12-5-10-13(22)11(16(23)24)7-21(9-1-2-9)14(10)19-15(12)20-4-3-8(18)6-20/h5,7-9H,1-4,6,18H2,(H,23,24)/t8-/m1/s1. The smallest absolute Gasteiger partial charge is 0.341 e. The number of hydrogen-bond donors (Lipinski definition) is 2. The Morgan fingerprint density at radius 2 is 2.12 bits per heavy atom. The van der Waals surface area contributed by atoms with Gasteiger partial charge in [0.05, 0.1) is 5.39 Å². The molecule has 1 atom stereocenters. The SMILES string of the molecule is N[C@@H]1CCN(c2nc3c(cc2F)c(=O)c(C(=O)O)cn3C2CC2)C1. The summed E-state index contributed by atoms with van der Waals surface area (Å²) in [6.07, 6.45) is 3.86. The Bertz CT molecular complexity index is 906. The van der Waals surface area contributed by atoms with Gasteiger partial charge in [0.2, 0.25) is 5.43 Å². The zero-order chi connectivity index (χ0) is 17.0. The van der Waals surface area contributed by atoms with Crippen molar-refractivity contribution in [2.45, 2.75) is 31.3 Å². The number of aromatic carboxylic acids is 1. The van der Waals surface area contributed by atoms with Crippen molar-refractivity contribution in [1.82, 2.24) is 9.55 Å². The van der Waals surface area contributed by atoms with Crippen LogP contribution < -0.4 is 16.1 Å². The van der Waals surface area contributed by atoms with E-state index < -0.39 is 17.2 Å². The zero-order valence-electron chi connectivity index (χ0n) is 12.9. The van der Waals surface area contributed by atoms with E-state index in [2.05, 4.69) is 4.98 Å². The van der Waals surface area contributed by atoms with Gasteiger partial charge in [-0.25, -0.2) is 14.2 Å². The fourth-order valence-electron chi connectivity index (χ4n) is 3.22. The Morgan fingerprint density at radius 1 is 1.38 bits per heavy atom. The molecule has 126 valence electrons. The Labute approximate surface area is 136 Å². The van der Waals surface area contributed by atoms with Crippen molar-refractivity contribution in [2.24, 2.45) is 5.73 Å². The third kappa shape index (κ3) is 2.34. The fraction of sp³-hybridized carbons (Fsp3) is 0.438. The van der Waals surface area contributed by atoms with E-state index >= 15 is 0 Å². The maximum atomic E-state index is 14.5. The molecule has 2 aromatic heterocycles. The number of carboxylic acids is 1. The van der Waals surface area contributed by atoms with E-state index in [9.17, 15) is 19.1 Å². The van der Waals surface area contributed by atoms with E-state index in [0.29, 0.717) is 18.7 Å². The van der Waals surface area contributed by atoms with Gasteiger partial charge in [-0.1, -0.05) is 0 Å². The zero-order valence-corrected chi connectivity index (χ0v) is 12.9. The van der Waals surface area contributed by atoms with Gasteiger partial charge >= 0.3 is 5.97 Å². The molecule has 2 aliphatic rings. The van der Waals surface area contributed by atoms with Crippen LogP contribution in [0.3, 0.4) is 0 Å². The summed E-state index contributed by atoms with van der Waals surface area (Å²) < 4.78 is 16.2. The molecule has 0 amide bonds. The van der Waals surface area contributed by atoms with Gasteiger partial charge in [-0.3, -0.25) is 4.79 Å². The Hall–Kier alpha value is -2.48. The van der Waals surface area contributed by atoms with Gasteiger partial charge in [-0.05, 0) is 25.3 Å². The number of fused-ring (bicyclic) bond motifs is 1. The average molecular weight is 332 g/mol. The van der Waals surface area contributed by atoms with E-state index in [0.717, 1.165) is 25.3 Å². The van der Waals surface area contributed by atoms with Crippen molar-refractivity contribution in [3.05, 3.63) is 33.9 Å². The topological polar surface area (TPSA) is 101 Å². The molecule has 2 aromatic rings. The minimum atomic E-state index is -1.31. The molecular formula is C16H17FN4O3. The lowest BCUT2D eigenvalue weighted by Crippen LogP contribution is -2.28. The van der Waals surface area contributed by atoms with E-state index in [1.807, 2.05) is 0 Å². The van der Waals surface area contributed by atoms with Gasteiger partial charge in [0, 0.05) is 31.4 Å². The molecule has 1 saturated heterocycles. The molecule has 3 heterocycles. The highest BCUT2D eigenvalue weighted by molar-refractivity contribution is 5.92. The lowest BCUT2D eigenvalue weighted by Gasteiger charge is -2.19. The van der Waals surface area contributed by atoms with E-state index in [4.69, 9.17) is 5.73 Å². The summed E-state index contributed by atoms with van der Waals surface area (Å²) in [7, 11) is 0. The number of nitrogens with two attached hydrogens (primary N) is 1. The lowest BCUT2D eigenvalue weighted by molar-refractivity contribution is 0.0695. The summed E-state index contributed by atoms with van der Waals surface area (Å²) in [5.41, 5.74) is 5.16. The number of aromatic nitrogens is 2. The third-order valence-electron chi connectivity index (χ3n) is 4.63. The molecule has 3 N–H and O–H groups in total. The molecule has 1 saturated carbocycles. The molecule has 1 aliphatic carbocycles. The molecule has 8 heteroatoms. The van der Waals surface area contributed by atoms with Gasteiger partial charge in [0.25, 0.3) is 0 Å². The van der Waals surface area contributed by atoms with Crippen molar-refractivity contribution in [2.75, 3.05) is 18.0 Å². The molecule has 0 bridgehead atoms. The molecule has 0 unspecified atom stereocenters. The number of carboxylic acid groups (broad SMARTS) is 1. The molecule has 2 fully saturated rings. The number of rotatable bonds is 3. The predicted octanol–water partition coefficient (Wildman–Crippen LogP) is 1.11. The van der Waals surface area contributed by atoms with Crippen molar-refractivity contribution >= 4 is 22.8 Å². The van der Waals surface area contributed by atoms with Crippen LogP contribution in [-0.4, -0.2) is 39.8 Å². The molecule has 4 rings (SSSR count). The predicted molar refractivity (Wildman–Crippen MR) is 86.0 cm³/mol. The second kappa shape index (κ2) is 5.27. The first-order chi connectivity index (χ1) is 11.5. The molecule has 0 aromatic carbocycles. The van der Waals surface area contributed by atoms with Crippen LogP contribution in [0.5, 0.6) is 0 Å². The second-order valence-electron chi connectivity index (χ2n) is 6.48. The maximum Gasteiger partial charge on any atom is 0.341 e. The first kappa shape index (κ1) is 15.1. The minimum absolute atomic E-state index is 0.00606. The van der Waals surface area contributed by atoms with Crippen LogP contribution in [-0.2, 0) is 0 Å². The van der Waals surface area contributed by atoms with Gasteiger partial charge in [0.15, 0.2) is 11.6 Å². The van der Waals surface area contributed by atoms with E-state index in [1.54, 1.807) is 9.47 Å². The van der Waals surface area contributed by atoms with E-state index in [1.165, 1.54) is 6.20 Å². The average Bonchev–Trinajstić information content (AvgIpc) is 3.28. The highest BCUT2D eigenvalue weighted by atomic mass is 19.1. The first-order valence-corrected chi connectivity index (χ1v) is 7.95. The van der Waals surface area contributed by atoms with Crippen LogP contribution in [0.2, 0.25) is 0 Å². The number of nitrogens with zero attached hydrogens (tertiary/aromatic N) is 3. The summed E-state index contributed by atoms with van der Waals surface area (Å²) in [5.74, 6) is -1.77. The number of halogens is 1. The second-order valence-corrected chi connectivity index (χ2v) is 6.48. The van der Waals surface area contributed by atoms with Crippen molar-refractivity contribution in [3.8, 4) is 0 Å². The van der Waals surface area contributed by atoms with Crippen LogP contribution in [0.1, 0.15) is 35.7 Å². The van der Waals surface area contributed by atoms with Crippen molar-refractivity contribution in [1.29, 1.82) is 0 Å². The number of carbonyl (C=O) groups is 1. The maximum absolute atomic E-state index is 14.5. The number of anilines is 1. The minimum Gasteiger partial charge on any atom is -0.477 e. The van der Waals surface area contributed by atoms with Crippen LogP contribution in [0.25, 0.3) is 11.0 Å². The Morgan fingerprint density at radius 3 is 2.71 bits per heavy atom. The summed E-state index contributed by atoms with van der Waals surface area (Å²) in [5, 5.41) is 9.23. The largest absolute Gasteiger partial charge is 0.477 e. The normalized spacial score (nSPS) is 20.8. The first-order valence-electron chi connectivity index (χ1n) is 7.95. The van der Waals surface area contributed by atoms with Crippen LogP contribution in [0.4, 0.5) is 10.2 Å². The molecule has 24 heavy (non-hydrogen) atoms. The summed E-state index contributed by atoms with van der Waals surface area (Å²) in [6, 6.07) is 1.19. The molecular weight excluding hydrogens is 315 g/mol. The fourth-order valence-corrected chi connectivity index (χ4v) is 3.22. The van der Waals surface area contributed by atoms with Crippen LogP contribution >= 0.6 is 0 Å². The van der Waals surface area contributed by atoms with Crippen LogP contribution in [0, 0.1) is 5.82 Å². The van der Waals surface area contributed by atoms with Gasteiger partial charge in [-0.15, -0.1) is 0 Å². The van der Waals surface area contributed by atoms with Gasteiger partial charge in [-0.2, -0.15) is 0 Å². The molecule has 7 nitrogen and oxygen atoms in total. The monoisotopic (exact) mass is 332 g/mol.